The van der Waals surface area contributed by atoms with E-state index < -0.39 is 0 Å². The molecule has 2 N–H and O–H groups in total. The molecule has 1 amide bonds. The molecule has 0 aromatic heterocycles. The summed E-state index contributed by atoms with van der Waals surface area (Å²) in [6, 6.07) is 0. The van der Waals surface area contributed by atoms with Crippen molar-refractivity contribution in [1.29, 1.82) is 0 Å². The molecule has 0 saturated carbocycles. The average molecular weight is 398 g/mol. The van der Waals surface area contributed by atoms with Gasteiger partial charge in [0.2, 0.25) is 5.91 Å². The Morgan fingerprint density at radius 2 is 1.75 bits per heavy atom. The van der Waals surface area contributed by atoms with Gasteiger partial charge < -0.3 is 15.5 Å². The van der Waals surface area contributed by atoms with E-state index >= 15 is 0 Å². The molecule has 5 nitrogen and oxygen atoms in total. The Balaban J connectivity index is 0. The van der Waals surface area contributed by atoms with Gasteiger partial charge in [0.05, 0.1) is 0 Å². The van der Waals surface area contributed by atoms with Gasteiger partial charge in [0.15, 0.2) is 5.96 Å². The number of nitrogens with one attached hydrogen (secondary N) is 2. The fourth-order valence-corrected chi connectivity index (χ4v) is 1.62. The molecule has 6 heteroatoms. The normalized spacial score (nSPS) is 11.0. The predicted octanol–water partition coefficient (Wildman–Crippen LogP) is 2.07. The second-order valence-corrected chi connectivity index (χ2v) is 4.87. The van der Waals surface area contributed by atoms with Crippen LogP contribution >= 0.6 is 24.0 Å². The maximum atomic E-state index is 11.5. The highest BCUT2D eigenvalue weighted by molar-refractivity contribution is 14.0. The van der Waals surface area contributed by atoms with Gasteiger partial charge in [-0.2, -0.15) is 0 Å². The molecule has 0 aliphatic rings. The molecular formula is C14H31IN4O. The third kappa shape index (κ3) is 10.3. The monoisotopic (exact) mass is 398 g/mol. The Hall–Kier alpha value is -0.530. The summed E-state index contributed by atoms with van der Waals surface area (Å²) in [4.78, 5) is 17.6. The lowest BCUT2D eigenvalue weighted by Gasteiger charge is -2.15. The number of nitrogens with zero attached hydrogens (tertiary/aromatic N) is 2. The zero-order valence-electron chi connectivity index (χ0n) is 13.5. The van der Waals surface area contributed by atoms with E-state index in [2.05, 4.69) is 29.5 Å². The molecule has 0 heterocycles. The molecule has 0 aliphatic carbocycles. The van der Waals surface area contributed by atoms with Crippen LogP contribution in [0.2, 0.25) is 0 Å². The highest BCUT2D eigenvalue weighted by Gasteiger charge is 2.05. The summed E-state index contributed by atoms with van der Waals surface area (Å²) in [5.41, 5.74) is 0. The minimum absolute atomic E-state index is 0. The first-order chi connectivity index (χ1) is 9.04. The van der Waals surface area contributed by atoms with Crippen molar-refractivity contribution in [3.05, 3.63) is 0 Å². The molecule has 0 aliphatic heterocycles. The van der Waals surface area contributed by atoms with Gasteiger partial charge in [-0.1, -0.05) is 26.7 Å². The number of hydrogen-bond acceptors (Lipinski definition) is 2. The van der Waals surface area contributed by atoms with Crippen LogP contribution in [0.25, 0.3) is 0 Å². The molecule has 120 valence electrons. The third-order valence-electron chi connectivity index (χ3n) is 3.14. The number of carbonyl (C=O) groups excluding carboxylic acids is 1. The summed E-state index contributed by atoms with van der Waals surface area (Å²) in [6.07, 6.45) is 2.79. The maximum Gasteiger partial charge on any atom is 0.223 e. The number of carbonyl (C=O) groups is 1. The quantitative estimate of drug-likeness (QED) is 0.374. The zero-order chi connectivity index (χ0) is 14.7. The lowest BCUT2D eigenvalue weighted by Crippen LogP contribution is -2.39. The van der Waals surface area contributed by atoms with E-state index in [1.807, 2.05) is 6.92 Å². The fraction of sp³-hybridized carbons (Fsp3) is 0.857. The Labute approximate surface area is 141 Å². The van der Waals surface area contributed by atoms with Crippen LogP contribution in [-0.4, -0.2) is 50.5 Å². The molecule has 0 spiro atoms. The van der Waals surface area contributed by atoms with Crippen LogP contribution < -0.4 is 10.6 Å². The summed E-state index contributed by atoms with van der Waals surface area (Å²) < 4.78 is 0. The highest BCUT2D eigenvalue weighted by atomic mass is 127. The number of amides is 1. The van der Waals surface area contributed by atoms with Gasteiger partial charge in [-0.05, 0) is 12.8 Å². The molecule has 0 atom stereocenters. The highest BCUT2D eigenvalue weighted by Crippen LogP contribution is 2.06. The van der Waals surface area contributed by atoms with Crippen molar-refractivity contribution in [3.63, 3.8) is 0 Å². The Bertz CT molecular complexity index is 278. The van der Waals surface area contributed by atoms with Crippen LogP contribution in [0.5, 0.6) is 0 Å². The number of rotatable bonds is 8. The van der Waals surface area contributed by atoms with Crippen molar-refractivity contribution < 1.29 is 4.79 Å². The SMILES string of the molecule is CCNC(=NCC(CC)CC)NCCC(=O)N(C)C.I. The summed E-state index contributed by atoms with van der Waals surface area (Å²) in [5.74, 6) is 1.57. The van der Waals surface area contributed by atoms with Gasteiger partial charge in [-0.3, -0.25) is 9.79 Å². The number of hydrogen-bond donors (Lipinski definition) is 2. The standard InChI is InChI=1S/C14H30N4O.HI/c1-6-12(7-2)11-17-14(15-8-3)16-10-9-13(19)18(4)5;/h12H,6-11H2,1-5H3,(H2,15,16,17);1H. The Kier molecular flexibility index (Phi) is 14.6. The first kappa shape index (κ1) is 21.8. The summed E-state index contributed by atoms with van der Waals surface area (Å²) in [7, 11) is 3.55. The van der Waals surface area contributed by atoms with E-state index in [1.54, 1.807) is 19.0 Å². The van der Waals surface area contributed by atoms with Gasteiger partial charge in [0.1, 0.15) is 0 Å². The molecule has 20 heavy (non-hydrogen) atoms. The van der Waals surface area contributed by atoms with E-state index in [9.17, 15) is 4.79 Å². The molecule has 0 saturated heterocycles. The Morgan fingerprint density at radius 3 is 2.20 bits per heavy atom. The smallest absolute Gasteiger partial charge is 0.223 e. The summed E-state index contributed by atoms with van der Waals surface area (Å²) in [5, 5.41) is 6.40. The van der Waals surface area contributed by atoms with Crippen LogP contribution in [0.1, 0.15) is 40.0 Å². The molecule has 0 bridgehead atoms. The van der Waals surface area contributed by atoms with Crippen molar-refractivity contribution in [1.82, 2.24) is 15.5 Å². The average Bonchev–Trinajstić information content (AvgIpc) is 2.39. The van der Waals surface area contributed by atoms with Gasteiger partial charge in [-0.15, -0.1) is 24.0 Å². The van der Waals surface area contributed by atoms with Crippen LogP contribution in [0.15, 0.2) is 4.99 Å². The first-order valence-corrected chi connectivity index (χ1v) is 7.27. The van der Waals surface area contributed by atoms with Crippen molar-refractivity contribution in [2.24, 2.45) is 10.9 Å². The second-order valence-electron chi connectivity index (χ2n) is 4.87. The largest absolute Gasteiger partial charge is 0.357 e. The summed E-state index contributed by atoms with van der Waals surface area (Å²) in [6.45, 7) is 8.71. The van der Waals surface area contributed by atoms with Crippen LogP contribution in [0.3, 0.4) is 0 Å². The zero-order valence-corrected chi connectivity index (χ0v) is 15.9. The molecular weight excluding hydrogens is 367 g/mol. The van der Waals surface area contributed by atoms with Crippen LogP contribution in [0, 0.1) is 5.92 Å². The van der Waals surface area contributed by atoms with Gasteiger partial charge in [0.25, 0.3) is 0 Å². The topological polar surface area (TPSA) is 56.7 Å². The lowest BCUT2D eigenvalue weighted by molar-refractivity contribution is -0.128. The van der Waals surface area contributed by atoms with Crippen LogP contribution in [0.4, 0.5) is 0 Å². The molecule has 0 aromatic carbocycles. The summed E-state index contributed by atoms with van der Waals surface area (Å²) >= 11 is 0. The lowest BCUT2D eigenvalue weighted by atomic mass is 10.0. The number of halogens is 1. The van der Waals surface area contributed by atoms with Gasteiger partial charge in [-0.25, -0.2) is 0 Å². The molecule has 0 fully saturated rings. The number of guanidine groups is 1. The van der Waals surface area contributed by atoms with Crippen molar-refractivity contribution in [2.75, 3.05) is 33.7 Å². The van der Waals surface area contributed by atoms with E-state index in [1.165, 1.54) is 0 Å². The maximum absolute atomic E-state index is 11.5. The Morgan fingerprint density at radius 1 is 1.15 bits per heavy atom. The van der Waals surface area contributed by atoms with E-state index in [-0.39, 0.29) is 29.9 Å². The van der Waals surface area contributed by atoms with Gasteiger partial charge in [0, 0.05) is 40.2 Å². The van der Waals surface area contributed by atoms with Crippen molar-refractivity contribution in [2.45, 2.75) is 40.0 Å². The van der Waals surface area contributed by atoms with Gasteiger partial charge >= 0.3 is 0 Å². The molecule has 0 radical (unpaired) electrons. The van der Waals surface area contributed by atoms with E-state index in [4.69, 9.17) is 0 Å². The van der Waals surface area contributed by atoms with Crippen molar-refractivity contribution >= 4 is 35.8 Å². The van der Waals surface area contributed by atoms with E-state index in [0.717, 1.165) is 31.9 Å². The molecule has 0 rings (SSSR count). The van der Waals surface area contributed by atoms with Crippen LogP contribution in [-0.2, 0) is 4.79 Å². The fourth-order valence-electron chi connectivity index (χ4n) is 1.62. The minimum atomic E-state index is 0. The van der Waals surface area contributed by atoms with E-state index in [0.29, 0.717) is 18.9 Å². The minimum Gasteiger partial charge on any atom is -0.357 e. The number of aliphatic imine (C=N–C) groups is 1. The predicted molar refractivity (Wildman–Crippen MR) is 96.8 cm³/mol. The van der Waals surface area contributed by atoms with Crippen molar-refractivity contribution in [3.8, 4) is 0 Å². The third-order valence-corrected chi connectivity index (χ3v) is 3.14. The molecule has 0 aromatic rings. The second kappa shape index (κ2) is 13.5. The molecule has 0 unspecified atom stereocenters. The first-order valence-electron chi connectivity index (χ1n) is 7.27.